The van der Waals surface area contributed by atoms with Gasteiger partial charge in [-0.1, -0.05) is 13.8 Å². The van der Waals surface area contributed by atoms with Gasteiger partial charge in [0.2, 0.25) is 0 Å². The van der Waals surface area contributed by atoms with Gasteiger partial charge in [-0.25, -0.2) is 8.78 Å². The van der Waals surface area contributed by atoms with Crippen molar-refractivity contribution in [2.24, 2.45) is 11.1 Å². The Morgan fingerprint density at radius 1 is 1.27 bits per heavy atom. The van der Waals surface area contributed by atoms with Crippen molar-refractivity contribution in [1.82, 2.24) is 4.90 Å². The molecule has 0 aliphatic carbocycles. The van der Waals surface area contributed by atoms with Crippen molar-refractivity contribution in [3.8, 4) is 0 Å². The Morgan fingerprint density at radius 2 is 1.87 bits per heavy atom. The maximum atomic E-state index is 12.0. The van der Waals surface area contributed by atoms with Crippen molar-refractivity contribution < 1.29 is 8.78 Å². The smallest absolute Gasteiger partial charge is 0.251 e. The Bertz CT molecular complexity index is 161. The highest BCUT2D eigenvalue weighted by Gasteiger charge is 2.16. The van der Waals surface area contributed by atoms with Gasteiger partial charge in [-0.05, 0) is 44.8 Å². The minimum absolute atomic E-state index is 0.128. The number of halogens is 2. The topological polar surface area (TPSA) is 29.3 Å². The molecule has 0 bridgehead atoms. The Labute approximate surface area is 91.8 Å². The monoisotopic (exact) mass is 222 g/mol. The van der Waals surface area contributed by atoms with Gasteiger partial charge < -0.3 is 10.6 Å². The van der Waals surface area contributed by atoms with Crippen LogP contribution in [0.1, 0.15) is 33.1 Å². The molecule has 0 atom stereocenters. The van der Waals surface area contributed by atoms with Crippen LogP contribution in [0.25, 0.3) is 0 Å². The van der Waals surface area contributed by atoms with E-state index in [0.29, 0.717) is 6.54 Å². The summed E-state index contributed by atoms with van der Waals surface area (Å²) in [5.74, 6) is 0. The molecule has 4 heteroatoms. The average molecular weight is 222 g/mol. The van der Waals surface area contributed by atoms with Crippen molar-refractivity contribution in [3.63, 3.8) is 0 Å². The summed E-state index contributed by atoms with van der Waals surface area (Å²) >= 11 is 0. The first-order chi connectivity index (χ1) is 6.87. The number of nitrogens with two attached hydrogens (primary N) is 1. The molecule has 92 valence electrons. The fraction of sp³-hybridized carbons (Fsp3) is 1.00. The van der Waals surface area contributed by atoms with Gasteiger partial charge in [0.15, 0.2) is 0 Å². The molecule has 0 amide bonds. The van der Waals surface area contributed by atoms with Gasteiger partial charge in [-0.2, -0.15) is 0 Å². The summed E-state index contributed by atoms with van der Waals surface area (Å²) in [5, 5.41) is 0. The minimum atomic E-state index is -2.23. The second-order valence-electron chi connectivity index (χ2n) is 4.96. The maximum Gasteiger partial charge on any atom is 0.251 e. The zero-order valence-corrected chi connectivity index (χ0v) is 10.1. The van der Waals surface area contributed by atoms with Gasteiger partial charge in [-0.15, -0.1) is 0 Å². The van der Waals surface area contributed by atoms with Crippen molar-refractivity contribution in [3.05, 3.63) is 0 Å². The number of hydrogen-bond donors (Lipinski definition) is 1. The number of rotatable bonds is 8. The molecule has 0 fully saturated rings. The zero-order valence-electron chi connectivity index (χ0n) is 10.1. The second kappa shape index (κ2) is 7.12. The Kier molecular flexibility index (Phi) is 7.02. The highest BCUT2D eigenvalue weighted by Crippen LogP contribution is 2.25. The molecule has 2 nitrogen and oxygen atoms in total. The van der Waals surface area contributed by atoms with Crippen LogP contribution in [0.5, 0.6) is 0 Å². The Morgan fingerprint density at radius 3 is 2.33 bits per heavy atom. The molecule has 0 aliphatic rings. The number of hydrogen-bond acceptors (Lipinski definition) is 2. The van der Waals surface area contributed by atoms with Crippen molar-refractivity contribution in [2.45, 2.75) is 39.5 Å². The highest BCUT2D eigenvalue weighted by atomic mass is 19.3. The average Bonchev–Trinajstić information content (AvgIpc) is 2.01. The lowest BCUT2D eigenvalue weighted by molar-refractivity contribution is 0.0979. The van der Waals surface area contributed by atoms with E-state index in [1.54, 1.807) is 11.9 Å². The Hall–Kier alpha value is -0.220. The van der Waals surface area contributed by atoms with Crippen LogP contribution in [0.2, 0.25) is 0 Å². The lowest BCUT2D eigenvalue weighted by atomic mass is 9.84. The molecule has 2 N–H and O–H groups in total. The largest absolute Gasteiger partial charge is 0.330 e. The molecule has 0 aliphatic heterocycles. The van der Waals surface area contributed by atoms with Crippen LogP contribution in [0.3, 0.4) is 0 Å². The molecule has 0 saturated carbocycles. The third-order valence-electron chi connectivity index (χ3n) is 2.66. The summed E-state index contributed by atoms with van der Waals surface area (Å²) in [5.41, 5.74) is 5.74. The van der Waals surface area contributed by atoms with Crippen LogP contribution in [0.4, 0.5) is 8.78 Å². The third-order valence-corrected chi connectivity index (χ3v) is 2.66. The van der Waals surface area contributed by atoms with E-state index in [0.717, 1.165) is 25.8 Å². The standard InChI is InChI=1S/C11H24F2N2/c1-11(2,6-7-14)5-4-8-15(3)9-10(12)13/h10H,4-9,14H2,1-3H3. The van der Waals surface area contributed by atoms with Crippen LogP contribution < -0.4 is 5.73 Å². The fourth-order valence-electron chi connectivity index (χ4n) is 1.67. The van der Waals surface area contributed by atoms with E-state index < -0.39 is 6.43 Å². The summed E-state index contributed by atoms with van der Waals surface area (Å²) in [6, 6.07) is 0. The van der Waals surface area contributed by atoms with E-state index in [1.165, 1.54) is 0 Å². The maximum absolute atomic E-state index is 12.0. The molecule has 0 rings (SSSR count). The van der Waals surface area contributed by atoms with Gasteiger partial charge in [0.1, 0.15) is 0 Å². The van der Waals surface area contributed by atoms with Gasteiger partial charge in [0, 0.05) is 0 Å². The molecule has 0 aromatic rings. The van der Waals surface area contributed by atoms with Gasteiger partial charge >= 0.3 is 0 Å². The van der Waals surface area contributed by atoms with Crippen molar-refractivity contribution in [1.29, 1.82) is 0 Å². The summed E-state index contributed by atoms with van der Waals surface area (Å²) < 4.78 is 24.0. The van der Waals surface area contributed by atoms with Gasteiger partial charge in [-0.3, -0.25) is 0 Å². The first-order valence-corrected chi connectivity index (χ1v) is 5.54. The predicted octanol–water partition coefficient (Wildman–Crippen LogP) is 2.34. The van der Waals surface area contributed by atoms with Crippen LogP contribution >= 0.6 is 0 Å². The normalized spacial score (nSPS) is 12.8. The van der Waals surface area contributed by atoms with Gasteiger partial charge in [0.05, 0.1) is 6.54 Å². The second-order valence-corrected chi connectivity index (χ2v) is 4.96. The van der Waals surface area contributed by atoms with E-state index in [1.807, 2.05) is 0 Å². The molecule has 0 spiro atoms. The Balaban J connectivity index is 3.60. The number of nitrogens with zero attached hydrogens (tertiary/aromatic N) is 1. The molecule has 0 saturated heterocycles. The summed E-state index contributed by atoms with van der Waals surface area (Å²) in [7, 11) is 1.74. The molecular formula is C11H24F2N2. The molecule has 0 radical (unpaired) electrons. The van der Waals surface area contributed by atoms with Crippen LogP contribution in [0.15, 0.2) is 0 Å². The predicted molar refractivity (Wildman–Crippen MR) is 60.2 cm³/mol. The third kappa shape index (κ3) is 8.75. The molecule has 0 heterocycles. The SMILES string of the molecule is CN(CCCC(C)(C)CCN)CC(F)F. The first-order valence-electron chi connectivity index (χ1n) is 5.54. The highest BCUT2D eigenvalue weighted by molar-refractivity contribution is 4.69. The van der Waals surface area contributed by atoms with Crippen LogP contribution in [0, 0.1) is 5.41 Å². The summed E-state index contributed by atoms with van der Waals surface area (Å²) in [6.07, 6.45) is 0.756. The molecule has 0 aromatic heterocycles. The minimum Gasteiger partial charge on any atom is -0.330 e. The van der Waals surface area contributed by atoms with E-state index in [2.05, 4.69) is 13.8 Å². The lowest BCUT2D eigenvalue weighted by Crippen LogP contribution is -2.27. The van der Waals surface area contributed by atoms with Crippen molar-refractivity contribution >= 4 is 0 Å². The number of alkyl halides is 2. The quantitative estimate of drug-likeness (QED) is 0.683. The molecule has 0 aromatic carbocycles. The zero-order chi connectivity index (χ0) is 11.9. The van der Waals surface area contributed by atoms with E-state index >= 15 is 0 Å². The van der Waals surface area contributed by atoms with E-state index in [9.17, 15) is 8.78 Å². The van der Waals surface area contributed by atoms with Crippen LogP contribution in [-0.2, 0) is 0 Å². The first kappa shape index (κ1) is 14.8. The van der Waals surface area contributed by atoms with E-state index in [-0.39, 0.29) is 12.0 Å². The van der Waals surface area contributed by atoms with Gasteiger partial charge in [0.25, 0.3) is 6.43 Å². The lowest BCUT2D eigenvalue weighted by Gasteiger charge is -2.25. The summed E-state index contributed by atoms with van der Waals surface area (Å²) in [6.45, 7) is 5.65. The van der Waals surface area contributed by atoms with Crippen molar-refractivity contribution in [2.75, 3.05) is 26.7 Å². The molecule has 15 heavy (non-hydrogen) atoms. The summed E-state index contributed by atoms with van der Waals surface area (Å²) in [4.78, 5) is 1.68. The fourth-order valence-corrected chi connectivity index (χ4v) is 1.67. The molecule has 0 unspecified atom stereocenters. The molecular weight excluding hydrogens is 198 g/mol. The van der Waals surface area contributed by atoms with E-state index in [4.69, 9.17) is 5.73 Å². The van der Waals surface area contributed by atoms with Crippen LogP contribution in [-0.4, -0.2) is 38.0 Å².